The third-order valence-corrected chi connectivity index (χ3v) is 1.37. The fourth-order valence-electron chi connectivity index (χ4n) is 0.803. The van der Waals surface area contributed by atoms with Crippen molar-refractivity contribution in [2.24, 2.45) is 0 Å². The van der Waals surface area contributed by atoms with Gasteiger partial charge in [0.1, 0.15) is 11.6 Å². The number of hydrogen-bond acceptors (Lipinski definition) is 3. The second kappa shape index (κ2) is 3.34. The number of nitrogen functional groups attached to an aromatic ring is 1. The molecule has 0 atom stereocenters. The molecule has 12 heavy (non-hydrogen) atoms. The van der Waals surface area contributed by atoms with Gasteiger partial charge in [-0.1, -0.05) is 0 Å². The lowest BCUT2D eigenvalue weighted by atomic mass is 10.2. The number of nitrogens with zero attached hydrogens (tertiary/aromatic N) is 1. The Morgan fingerprint density at radius 3 is 2.75 bits per heavy atom. The van der Waals surface area contributed by atoms with Crippen LogP contribution in [0.4, 0.5) is 14.6 Å². The van der Waals surface area contributed by atoms with Crippen molar-refractivity contribution in [3.05, 3.63) is 17.8 Å². The van der Waals surface area contributed by atoms with E-state index in [2.05, 4.69) is 9.72 Å². The van der Waals surface area contributed by atoms with Crippen LogP contribution in [-0.4, -0.2) is 12.1 Å². The maximum Gasteiger partial charge on any atom is 0.268 e. The zero-order chi connectivity index (χ0) is 9.14. The Bertz CT molecular complexity index is 278. The predicted octanol–water partition coefficient (Wildman–Crippen LogP) is 1.61. The SMILES string of the molecule is COc1cc(N)ncc1C(F)F. The largest absolute Gasteiger partial charge is 0.496 e. The first kappa shape index (κ1) is 8.70. The monoisotopic (exact) mass is 174 g/mol. The third-order valence-electron chi connectivity index (χ3n) is 1.37. The molecule has 1 aromatic rings. The van der Waals surface area contributed by atoms with E-state index in [1.165, 1.54) is 13.2 Å². The molecule has 0 aliphatic heterocycles. The fraction of sp³-hybridized carbons (Fsp3) is 0.286. The molecule has 0 bridgehead atoms. The summed E-state index contributed by atoms with van der Waals surface area (Å²) >= 11 is 0. The number of halogens is 2. The standard InChI is InChI=1S/C7H8F2N2O/c1-12-5-2-6(10)11-3-4(5)7(8)9/h2-3,7H,1H3,(H2,10,11). The highest BCUT2D eigenvalue weighted by Gasteiger charge is 2.13. The van der Waals surface area contributed by atoms with Crippen LogP contribution in [0.15, 0.2) is 12.3 Å². The van der Waals surface area contributed by atoms with Gasteiger partial charge in [-0.25, -0.2) is 13.8 Å². The van der Waals surface area contributed by atoms with Crippen molar-refractivity contribution in [1.82, 2.24) is 4.98 Å². The van der Waals surface area contributed by atoms with Crippen LogP contribution in [0.1, 0.15) is 12.0 Å². The van der Waals surface area contributed by atoms with E-state index in [9.17, 15) is 8.78 Å². The summed E-state index contributed by atoms with van der Waals surface area (Å²) in [5.74, 6) is 0.230. The van der Waals surface area contributed by atoms with Gasteiger partial charge in [0.25, 0.3) is 6.43 Å². The van der Waals surface area contributed by atoms with Crippen molar-refractivity contribution < 1.29 is 13.5 Å². The molecule has 0 fully saturated rings. The van der Waals surface area contributed by atoms with Crippen LogP contribution in [0.3, 0.4) is 0 Å². The number of anilines is 1. The Hall–Kier alpha value is -1.39. The first-order valence-electron chi connectivity index (χ1n) is 3.22. The molecule has 3 nitrogen and oxygen atoms in total. The van der Waals surface area contributed by atoms with Crippen molar-refractivity contribution >= 4 is 5.82 Å². The molecule has 5 heteroatoms. The van der Waals surface area contributed by atoms with Crippen molar-refractivity contribution in [2.45, 2.75) is 6.43 Å². The van der Waals surface area contributed by atoms with E-state index in [1.54, 1.807) is 0 Å². The van der Waals surface area contributed by atoms with E-state index in [4.69, 9.17) is 5.73 Å². The van der Waals surface area contributed by atoms with Gasteiger partial charge in [-0.2, -0.15) is 0 Å². The molecule has 0 spiro atoms. The Balaban J connectivity index is 3.11. The van der Waals surface area contributed by atoms with Gasteiger partial charge in [0.2, 0.25) is 0 Å². The van der Waals surface area contributed by atoms with E-state index in [1.807, 2.05) is 0 Å². The summed E-state index contributed by atoms with van der Waals surface area (Å²) in [5.41, 5.74) is 5.02. The van der Waals surface area contributed by atoms with Crippen LogP contribution < -0.4 is 10.5 Å². The third kappa shape index (κ3) is 1.61. The van der Waals surface area contributed by atoms with Crippen LogP contribution in [0.5, 0.6) is 5.75 Å². The Labute approximate surface area is 68.2 Å². The van der Waals surface area contributed by atoms with E-state index < -0.39 is 6.43 Å². The normalized spacial score (nSPS) is 10.3. The first-order valence-corrected chi connectivity index (χ1v) is 3.22. The maximum absolute atomic E-state index is 12.2. The zero-order valence-electron chi connectivity index (χ0n) is 6.42. The van der Waals surface area contributed by atoms with E-state index >= 15 is 0 Å². The average Bonchev–Trinajstić information content (AvgIpc) is 2.03. The van der Waals surface area contributed by atoms with Gasteiger partial charge in [0.05, 0.1) is 12.7 Å². The van der Waals surface area contributed by atoms with Crippen molar-refractivity contribution in [3.63, 3.8) is 0 Å². The Morgan fingerprint density at radius 1 is 1.58 bits per heavy atom. The summed E-state index contributed by atoms with van der Waals surface area (Å²) in [6.45, 7) is 0. The first-order chi connectivity index (χ1) is 5.65. The van der Waals surface area contributed by atoms with Gasteiger partial charge < -0.3 is 10.5 Å². The summed E-state index contributed by atoms with van der Waals surface area (Å²) in [6.07, 6.45) is -1.58. The molecular weight excluding hydrogens is 166 g/mol. The van der Waals surface area contributed by atoms with Crippen LogP contribution in [0, 0.1) is 0 Å². The maximum atomic E-state index is 12.2. The second-order valence-corrected chi connectivity index (χ2v) is 2.15. The molecule has 0 amide bonds. The number of rotatable bonds is 2. The Kier molecular flexibility index (Phi) is 2.42. The Morgan fingerprint density at radius 2 is 2.25 bits per heavy atom. The highest BCUT2D eigenvalue weighted by Crippen LogP contribution is 2.28. The summed E-state index contributed by atoms with van der Waals surface area (Å²) in [5, 5.41) is 0. The number of methoxy groups -OCH3 is 1. The summed E-state index contributed by atoms with van der Waals surface area (Å²) < 4.78 is 29.1. The summed E-state index contributed by atoms with van der Waals surface area (Å²) in [7, 11) is 1.31. The molecule has 0 unspecified atom stereocenters. The molecule has 1 aromatic heterocycles. The van der Waals surface area contributed by atoms with Gasteiger partial charge in [0.15, 0.2) is 0 Å². The van der Waals surface area contributed by atoms with E-state index in [0.29, 0.717) is 0 Å². The van der Waals surface area contributed by atoms with Crippen molar-refractivity contribution in [2.75, 3.05) is 12.8 Å². The minimum atomic E-state index is -2.59. The molecule has 0 aliphatic rings. The number of aromatic nitrogens is 1. The van der Waals surface area contributed by atoms with Gasteiger partial charge in [-0.05, 0) is 0 Å². The van der Waals surface area contributed by atoms with Crippen LogP contribution >= 0.6 is 0 Å². The number of ether oxygens (including phenoxy) is 1. The zero-order valence-corrected chi connectivity index (χ0v) is 6.42. The van der Waals surface area contributed by atoms with Gasteiger partial charge in [0, 0.05) is 12.3 Å². The molecule has 1 rings (SSSR count). The minimum Gasteiger partial charge on any atom is -0.496 e. The van der Waals surface area contributed by atoms with Crippen molar-refractivity contribution in [3.8, 4) is 5.75 Å². The minimum absolute atomic E-state index is 0.0671. The van der Waals surface area contributed by atoms with Gasteiger partial charge >= 0.3 is 0 Å². The average molecular weight is 174 g/mol. The van der Waals surface area contributed by atoms with Crippen LogP contribution in [-0.2, 0) is 0 Å². The lowest BCUT2D eigenvalue weighted by Crippen LogP contribution is -1.97. The molecular formula is C7H8F2N2O. The summed E-state index contributed by atoms with van der Waals surface area (Å²) in [4.78, 5) is 3.53. The predicted molar refractivity (Wildman–Crippen MR) is 40.2 cm³/mol. The number of alkyl halides is 2. The lowest BCUT2D eigenvalue weighted by molar-refractivity contribution is 0.146. The molecule has 0 radical (unpaired) electrons. The smallest absolute Gasteiger partial charge is 0.268 e. The molecule has 0 saturated carbocycles. The molecule has 0 aromatic carbocycles. The lowest BCUT2D eigenvalue weighted by Gasteiger charge is -2.06. The number of pyridine rings is 1. The van der Waals surface area contributed by atoms with Gasteiger partial charge in [-0.3, -0.25) is 0 Å². The molecule has 0 saturated heterocycles. The quantitative estimate of drug-likeness (QED) is 0.740. The second-order valence-electron chi connectivity index (χ2n) is 2.15. The van der Waals surface area contributed by atoms with Crippen molar-refractivity contribution in [1.29, 1.82) is 0 Å². The van der Waals surface area contributed by atoms with E-state index in [0.717, 1.165) is 6.20 Å². The topological polar surface area (TPSA) is 48.1 Å². The molecule has 1 heterocycles. The molecule has 66 valence electrons. The van der Waals surface area contributed by atoms with Crippen LogP contribution in [0.25, 0.3) is 0 Å². The van der Waals surface area contributed by atoms with Gasteiger partial charge in [-0.15, -0.1) is 0 Å². The van der Waals surface area contributed by atoms with E-state index in [-0.39, 0.29) is 17.1 Å². The highest BCUT2D eigenvalue weighted by atomic mass is 19.3. The molecule has 2 N–H and O–H groups in total. The number of hydrogen-bond donors (Lipinski definition) is 1. The number of nitrogens with two attached hydrogens (primary N) is 1. The summed E-state index contributed by atoms with van der Waals surface area (Å²) in [6, 6.07) is 1.27. The highest BCUT2D eigenvalue weighted by molar-refractivity contribution is 5.42. The fourth-order valence-corrected chi connectivity index (χ4v) is 0.803. The molecule has 0 aliphatic carbocycles. The van der Waals surface area contributed by atoms with Crippen LogP contribution in [0.2, 0.25) is 0 Å².